The lowest BCUT2D eigenvalue weighted by Crippen LogP contribution is -2.40. The van der Waals surface area contributed by atoms with Crippen LogP contribution in [0.2, 0.25) is 0 Å². The van der Waals surface area contributed by atoms with Crippen molar-refractivity contribution in [1.82, 2.24) is 4.57 Å². The maximum atomic E-state index is 14.4. The molecule has 0 atom stereocenters. The predicted octanol–water partition coefficient (Wildman–Crippen LogP) is 2.09. The fourth-order valence-corrected chi connectivity index (χ4v) is 2.88. The molecule has 0 radical (unpaired) electrons. The highest BCUT2D eigenvalue weighted by Crippen LogP contribution is 2.28. The Morgan fingerprint density at radius 1 is 1.17 bits per heavy atom. The summed E-state index contributed by atoms with van der Waals surface area (Å²) in [5.41, 5.74) is 2.61. The molecule has 1 saturated heterocycles. The zero-order valence-corrected chi connectivity index (χ0v) is 14.3. The van der Waals surface area contributed by atoms with Gasteiger partial charge in [-0.15, -0.1) is 0 Å². The molecular weight excluding hydrogens is 309 g/mol. The first-order valence-electron chi connectivity index (χ1n) is 7.98. The Kier molecular flexibility index (Phi) is 4.57. The number of nitrogens with zero attached hydrogens (tertiary/aromatic N) is 3. The molecule has 2 heterocycles. The number of aromatic nitrogens is 1. The summed E-state index contributed by atoms with van der Waals surface area (Å²) in [6.45, 7) is 2.52. The van der Waals surface area contributed by atoms with Gasteiger partial charge in [-0.3, -0.25) is 4.79 Å². The molecular formula is C18H22FN3O2. The summed E-state index contributed by atoms with van der Waals surface area (Å²) in [5, 5.41) is 0. The molecule has 128 valence electrons. The van der Waals surface area contributed by atoms with E-state index in [1.54, 1.807) is 31.4 Å². The number of hydrogen-bond acceptors (Lipinski definition) is 4. The minimum atomic E-state index is -0.299. The molecule has 1 fully saturated rings. The maximum Gasteiger partial charge on any atom is 0.273 e. The fraction of sp³-hybridized carbons (Fsp3) is 0.389. The van der Waals surface area contributed by atoms with Crippen LogP contribution in [0.15, 0.2) is 35.3 Å². The smallest absolute Gasteiger partial charge is 0.273 e. The van der Waals surface area contributed by atoms with E-state index in [1.165, 1.54) is 10.6 Å². The van der Waals surface area contributed by atoms with E-state index in [-0.39, 0.29) is 11.4 Å². The second kappa shape index (κ2) is 6.65. The Balaban J connectivity index is 2.10. The number of hydrogen-bond donors (Lipinski definition) is 0. The Morgan fingerprint density at radius 3 is 2.54 bits per heavy atom. The minimum Gasteiger partial charge on any atom is -0.378 e. The number of pyridine rings is 1. The monoisotopic (exact) mass is 331 g/mol. The average molecular weight is 331 g/mol. The van der Waals surface area contributed by atoms with Crippen LogP contribution in [-0.4, -0.2) is 45.0 Å². The van der Waals surface area contributed by atoms with Crippen LogP contribution in [0.3, 0.4) is 0 Å². The second-order valence-electron chi connectivity index (χ2n) is 6.19. The molecule has 5 nitrogen and oxygen atoms in total. The van der Waals surface area contributed by atoms with Gasteiger partial charge in [-0.05, 0) is 24.3 Å². The summed E-state index contributed by atoms with van der Waals surface area (Å²) >= 11 is 0. The first kappa shape index (κ1) is 16.5. The predicted molar refractivity (Wildman–Crippen MR) is 94.4 cm³/mol. The zero-order chi connectivity index (χ0) is 17.3. The van der Waals surface area contributed by atoms with E-state index in [0.29, 0.717) is 43.1 Å². The second-order valence-corrected chi connectivity index (χ2v) is 6.19. The van der Waals surface area contributed by atoms with Crippen molar-refractivity contribution < 1.29 is 9.13 Å². The van der Waals surface area contributed by atoms with Gasteiger partial charge in [0.1, 0.15) is 11.5 Å². The van der Waals surface area contributed by atoms with Crippen LogP contribution >= 0.6 is 0 Å². The van der Waals surface area contributed by atoms with Crippen molar-refractivity contribution in [2.75, 3.05) is 50.2 Å². The Labute approximate surface area is 140 Å². The van der Waals surface area contributed by atoms with E-state index in [2.05, 4.69) is 0 Å². The highest BCUT2D eigenvalue weighted by atomic mass is 19.1. The number of ether oxygens (including phenoxy) is 1. The van der Waals surface area contributed by atoms with Crippen molar-refractivity contribution in [3.8, 4) is 11.1 Å². The molecule has 0 N–H and O–H groups in total. The maximum absolute atomic E-state index is 14.4. The normalized spacial score (nSPS) is 14.8. The van der Waals surface area contributed by atoms with Gasteiger partial charge in [0, 0.05) is 57.2 Å². The van der Waals surface area contributed by atoms with Crippen LogP contribution in [0.25, 0.3) is 11.1 Å². The number of benzene rings is 1. The van der Waals surface area contributed by atoms with Crippen LogP contribution < -0.4 is 15.4 Å². The molecule has 0 amide bonds. The molecule has 1 aliphatic heterocycles. The quantitative estimate of drug-likeness (QED) is 0.863. The minimum absolute atomic E-state index is 0.0789. The van der Waals surface area contributed by atoms with Crippen molar-refractivity contribution in [2.24, 2.45) is 7.05 Å². The topological polar surface area (TPSA) is 37.7 Å². The largest absolute Gasteiger partial charge is 0.378 e. The molecule has 1 aromatic carbocycles. The lowest BCUT2D eigenvalue weighted by molar-refractivity contribution is 0.122. The van der Waals surface area contributed by atoms with Gasteiger partial charge < -0.3 is 19.1 Å². The third-order valence-electron chi connectivity index (χ3n) is 4.29. The van der Waals surface area contributed by atoms with E-state index in [0.717, 1.165) is 5.69 Å². The first-order chi connectivity index (χ1) is 11.5. The van der Waals surface area contributed by atoms with Crippen LogP contribution in [0.4, 0.5) is 15.8 Å². The van der Waals surface area contributed by atoms with Gasteiger partial charge in [0.2, 0.25) is 0 Å². The fourth-order valence-electron chi connectivity index (χ4n) is 2.88. The Hall–Kier alpha value is -2.34. The number of anilines is 2. The molecule has 1 aliphatic rings. The average Bonchev–Trinajstić information content (AvgIpc) is 2.58. The molecule has 3 rings (SSSR count). The zero-order valence-electron chi connectivity index (χ0n) is 14.3. The summed E-state index contributed by atoms with van der Waals surface area (Å²) in [5.74, 6) is -0.299. The highest BCUT2D eigenvalue weighted by Gasteiger charge is 2.18. The van der Waals surface area contributed by atoms with Crippen LogP contribution in [0, 0.1) is 5.82 Å². The lowest BCUT2D eigenvalue weighted by atomic mass is 10.0. The van der Waals surface area contributed by atoms with Crippen LogP contribution in [0.5, 0.6) is 0 Å². The van der Waals surface area contributed by atoms with Crippen molar-refractivity contribution >= 4 is 11.4 Å². The molecule has 0 bridgehead atoms. The van der Waals surface area contributed by atoms with Gasteiger partial charge in [-0.2, -0.15) is 0 Å². The van der Waals surface area contributed by atoms with Crippen molar-refractivity contribution in [2.45, 2.75) is 0 Å². The SMILES string of the molecule is CN(C)c1ccc(F)c(-c2cc(N3CCOCC3)c(=O)n(C)c2)c1. The van der Waals surface area contributed by atoms with Gasteiger partial charge in [0.05, 0.1) is 13.2 Å². The van der Waals surface area contributed by atoms with Gasteiger partial charge >= 0.3 is 0 Å². The number of morpholine rings is 1. The van der Waals surface area contributed by atoms with Crippen molar-refractivity contribution in [3.05, 3.63) is 46.6 Å². The molecule has 2 aromatic rings. The first-order valence-corrected chi connectivity index (χ1v) is 7.98. The summed E-state index contributed by atoms with van der Waals surface area (Å²) in [6, 6.07) is 6.79. The van der Waals surface area contributed by atoms with E-state index >= 15 is 0 Å². The summed E-state index contributed by atoms with van der Waals surface area (Å²) in [7, 11) is 5.53. The summed E-state index contributed by atoms with van der Waals surface area (Å²) in [4.78, 5) is 16.4. The van der Waals surface area contributed by atoms with E-state index < -0.39 is 0 Å². The molecule has 1 aromatic heterocycles. The summed E-state index contributed by atoms with van der Waals surface area (Å²) in [6.07, 6.45) is 1.68. The Morgan fingerprint density at radius 2 is 1.88 bits per heavy atom. The molecule has 6 heteroatoms. The van der Waals surface area contributed by atoms with Gasteiger partial charge in [0.15, 0.2) is 0 Å². The van der Waals surface area contributed by atoms with Gasteiger partial charge in [-0.1, -0.05) is 0 Å². The van der Waals surface area contributed by atoms with Crippen molar-refractivity contribution in [1.29, 1.82) is 0 Å². The van der Waals surface area contributed by atoms with Gasteiger partial charge in [0.25, 0.3) is 5.56 Å². The van der Waals surface area contributed by atoms with Crippen LogP contribution in [0.1, 0.15) is 0 Å². The standard InChI is InChI=1S/C18H22FN3O2/c1-20(2)14-4-5-16(19)15(11-14)13-10-17(18(23)21(3)12-13)22-6-8-24-9-7-22/h4-5,10-12H,6-9H2,1-3H3. The molecule has 0 unspecified atom stereocenters. The molecule has 0 spiro atoms. The number of rotatable bonds is 3. The van der Waals surface area contributed by atoms with Crippen molar-refractivity contribution in [3.63, 3.8) is 0 Å². The molecule has 24 heavy (non-hydrogen) atoms. The van der Waals surface area contributed by atoms with E-state index in [4.69, 9.17) is 4.74 Å². The highest BCUT2D eigenvalue weighted by molar-refractivity contribution is 5.71. The summed E-state index contributed by atoms with van der Waals surface area (Å²) < 4.78 is 21.3. The number of halogens is 1. The number of aryl methyl sites for hydroxylation is 1. The van der Waals surface area contributed by atoms with Crippen LogP contribution in [-0.2, 0) is 11.8 Å². The van der Waals surface area contributed by atoms with Gasteiger partial charge in [-0.25, -0.2) is 4.39 Å². The van der Waals surface area contributed by atoms with E-state index in [1.807, 2.05) is 23.9 Å². The van der Waals surface area contributed by atoms with E-state index in [9.17, 15) is 9.18 Å². The lowest BCUT2D eigenvalue weighted by Gasteiger charge is -2.28. The third kappa shape index (κ3) is 3.14. The molecule has 0 aliphatic carbocycles. The Bertz CT molecular complexity index is 795. The third-order valence-corrected chi connectivity index (χ3v) is 4.29. The molecule has 0 saturated carbocycles.